The van der Waals surface area contributed by atoms with Crippen molar-refractivity contribution in [2.24, 2.45) is 5.41 Å². The quantitative estimate of drug-likeness (QED) is 0.710. The number of hydrogen-bond acceptors (Lipinski definition) is 2. The number of ether oxygens (including phenoxy) is 1. The van der Waals surface area contributed by atoms with Crippen molar-refractivity contribution >= 4 is 0 Å². The lowest BCUT2D eigenvalue weighted by molar-refractivity contribution is 0.306. The molecule has 19 heavy (non-hydrogen) atoms. The van der Waals surface area contributed by atoms with Crippen molar-refractivity contribution < 1.29 is 4.74 Å². The molecule has 1 aromatic carbocycles. The van der Waals surface area contributed by atoms with Crippen molar-refractivity contribution in [1.29, 1.82) is 0 Å². The fourth-order valence-corrected chi connectivity index (χ4v) is 2.30. The number of rotatable bonds is 8. The third kappa shape index (κ3) is 4.54. The van der Waals surface area contributed by atoms with E-state index >= 15 is 0 Å². The average Bonchev–Trinajstić information content (AvgIpc) is 3.01. The summed E-state index contributed by atoms with van der Waals surface area (Å²) in [6, 6.07) is 9.19. The molecule has 2 rings (SSSR count). The molecular formula is C17H27NO. The van der Waals surface area contributed by atoms with Crippen LogP contribution in [0.4, 0.5) is 0 Å². The van der Waals surface area contributed by atoms with E-state index in [-0.39, 0.29) is 0 Å². The Morgan fingerprint density at radius 2 is 1.89 bits per heavy atom. The molecule has 1 aromatic rings. The summed E-state index contributed by atoms with van der Waals surface area (Å²) in [5.74, 6) is 0.992. The molecule has 0 radical (unpaired) electrons. The highest BCUT2D eigenvalue weighted by Gasteiger charge is 2.44. The summed E-state index contributed by atoms with van der Waals surface area (Å²) in [5.41, 5.74) is 1.84. The Kier molecular flexibility index (Phi) is 4.87. The summed E-state index contributed by atoms with van der Waals surface area (Å²) in [5, 5.41) is 3.60. The Morgan fingerprint density at radius 3 is 2.47 bits per heavy atom. The highest BCUT2D eigenvalue weighted by Crippen LogP contribution is 2.44. The van der Waals surface area contributed by atoms with Crippen LogP contribution in [0.2, 0.25) is 0 Å². The highest BCUT2D eigenvalue weighted by atomic mass is 16.5. The molecule has 0 bridgehead atoms. The Morgan fingerprint density at radius 1 is 1.21 bits per heavy atom. The van der Waals surface area contributed by atoms with Crippen LogP contribution in [0.15, 0.2) is 24.3 Å². The van der Waals surface area contributed by atoms with Crippen LogP contribution in [-0.2, 0) is 6.54 Å². The van der Waals surface area contributed by atoms with Crippen LogP contribution >= 0.6 is 0 Å². The predicted octanol–water partition coefficient (Wildman–Crippen LogP) is 4.14. The Balaban J connectivity index is 1.69. The summed E-state index contributed by atoms with van der Waals surface area (Å²) in [6.07, 6.45) is 4.94. The first kappa shape index (κ1) is 14.4. The summed E-state index contributed by atoms with van der Waals surface area (Å²) >= 11 is 0. The zero-order valence-corrected chi connectivity index (χ0v) is 12.5. The minimum atomic E-state index is 0.502. The molecule has 2 nitrogen and oxygen atoms in total. The lowest BCUT2D eigenvalue weighted by atomic mass is 10.2. The minimum absolute atomic E-state index is 0.502. The van der Waals surface area contributed by atoms with Crippen LogP contribution in [0.25, 0.3) is 0 Å². The molecule has 0 aliphatic heterocycles. The van der Waals surface area contributed by atoms with Gasteiger partial charge in [-0.05, 0) is 36.0 Å². The molecule has 0 saturated heterocycles. The van der Waals surface area contributed by atoms with Gasteiger partial charge in [0.1, 0.15) is 5.75 Å². The Labute approximate surface area is 117 Å². The third-order valence-electron chi connectivity index (χ3n) is 4.01. The fourth-order valence-electron chi connectivity index (χ4n) is 2.30. The lowest BCUT2D eigenvalue weighted by Crippen LogP contribution is -2.19. The van der Waals surface area contributed by atoms with Gasteiger partial charge in [0, 0.05) is 12.6 Å². The second-order valence-corrected chi connectivity index (χ2v) is 6.33. The van der Waals surface area contributed by atoms with Crippen LogP contribution in [0.5, 0.6) is 5.75 Å². The van der Waals surface area contributed by atoms with E-state index in [1.807, 2.05) is 0 Å². The van der Waals surface area contributed by atoms with E-state index < -0.39 is 0 Å². The van der Waals surface area contributed by atoms with Gasteiger partial charge in [0.25, 0.3) is 0 Å². The number of hydrogen-bond donors (Lipinski definition) is 1. The highest BCUT2D eigenvalue weighted by molar-refractivity contribution is 5.27. The first-order valence-electron chi connectivity index (χ1n) is 7.57. The molecule has 1 aliphatic rings. The van der Waals surface area contributed by atoms with E-state index in [0.717, 1.165) is 25.3 Å². The zero-order valence-electron chi connectivity index (χ0n) is 12.5. The van der Waals surface area contributed by atoms with Gasteiger partial charge in [-0.1, -0.05) is 45.7 Å². The maximum absolute atomic E-state index is 5.71. The summed E-state index contributed by atoms with van der Waals surface area (Å²) in [7, 11) is 0. The van der Waals surface area contributed by atoms with E-state index in [1.165, 1.54) is 24.8 Å². The van der Waals surface area contributed by atoms with Gasteiger partial charge in [-0.2, -0.15) is 0 Å². The van der Waals surface area contributed by atoms with E-state index in [4.69, 9.17) is 4.74 Å². The van der Waals surface area contributed by atoms with Crippen molar-refractivity contribution in [3.05, 3.63) is 29.8 Å². The molecular weight excluding hydrogens is 234 g/mol. The van der Waals surface area contributed by atoms with Crippen LogP contribution < -0.4 is 10.1 Å². The van der Waals surface area contributed by atoms with E-state index in [2.05, 4.69) is 50.4 Å². The molecule has 1 fully saturated rings. The maximum atomic E-state index is 5.71. The maximum Gasteiger partial charge on any atom is 0.119 e. The largest absolute Gasteiger partial charge is 0.494 e. The van der Waals surface area contributed by atoms with Crippen molar-refractivity contribution in [1.82, 2.24) is 5.32 Å². The summed E-state index contributed by atoms with van der Waals surface area (Å²) in [6.45, 7) is 8.64. The molecule has 0 aromatic heterocycles. The molecule has 106 valence electrons. The van der Waals surface area contributed by atoms with Crippen LogP contribution in [0, 0.1) is 5.41 Å². The first-order chi connectivity index (χ1) is 9.12. The molecule has 1 unspecified atom stereocenters. The van der Waals surface area contributed by atoms with E-state index in [0.29, 0.717) is 11.5 Å². The van der Waals surface area contributed by atoms with Crippen molar-refractivity contribution in [3.8, 4) is 5.75 Å². The van der Waals surface area contributed by atoms with Gasteiger partial charge in [0.2, 0.25) is 0 Å². The van der Waals surface area contributed by atoms with Gasteiger partial charge in [-0.3, -0.25) is 0 Å². The zero-order chi connectivity index (χ0) is 13.7. The average molecular weight is 261 g/mol. The second kappa shape index (κ2) is 6.42. The Hall–Kier alpha value is -1.02. The normalized spacial score (nSPS) is 20.3. The second-order valence-electron chi connectivity index (χ2n) is 6.33. The molecule has 2 heteroatoms. The molecule has 1 atom stereocenters. The standard InChI is InChI=1S/C17H27NO/c1-4-5-6-11-19-15-9-7-14(8-10-15)13-18-16-12-17(16,2)3/h7-10,16,18H,4-6,11-13H2,1-3H3. The van der Waals surface area contributed by atoms with E-state index in [1.54, 1.807) is 0 Å². The summed E-state index contributed by atoms with van der Waals surface area (Å²) < 4.78 is 5.71. The van der Waals surface area contributed by atoms with Gasteiger partial charge < -0.3 is 10.1 Å². The number of unbranched alkanes of at least 4 members (excludes halogenated alkanes) is 2. The summed E-state index contributed by atoms with van der Waals surface area (Å²) in [4.78, 5) is 0. The monoisotopic (exact) mass is 261 g/mol. The van der Waals surface area contributed by atoms with Gasteiger partial charge in [0.15, 0.2) is 0 Å². The van der Waals surface area contributed by atoms with Crippen molar-refractivity contribution in [2.75, 3.05) is 6.61 Å². The minimum Gasteiger partial charge on any atom is -0.494 e. The van der Waals surface area contributed by atoms with Gasteiger partial charge in [0.05, 0.1) is 6.61 Å². The molecule has 0 spiro atoms. The lowest BCUT2D eigenvalue weighted by Gasteiger charge is -2.09. The van der Waals surface area contributed by atoms with Crippen LogP contribution in [-0.4, -0.2) is 12.6 Å². The van der Waals surface area contributed by atoms with Gasteiger partial charge in [-0.15, -0.1) is 0 Å². The van der Waals surface area contributed by atoms with E-state index in [9.17, 15) is 0 Å². The van der Waals surface area contributed by atoms with Crippen LogP contribution in [0.1, 0.15) is 52.0 Å². The third-order valence-corrected chi connectivity index (χ3v) is 4.01. The predicted molar refractivity (Wildman–Crippen MR) is 80.5 cm³/mol. The van der Waals surface area contributed by atoms with Crippen molar-refractivity contribution in [3.63, 3.8) is 0 Å². The molecule has 0 amide bonds. The van der Waals surface area contributed by atoms with Gasteiger partial charge >= 0.3 is 0 Å². The number of benzene rings is 1. The topological polar surface area (TPSA) is 21.3 Å². The van der Waals surface area contributed by atoms with Gasteiger partial charge in [-0.25, -0.2) is 0 Å². The Bertz CT molecular complexity index is 383. The fraction of sp³-hybridized carbons (Fsp3) is 0.647. The number of nitrogens with one attached hydrogen (secondary N) is 1. The molecule has 0 heterocycles. The molecule has 1 N–H and O–H groups in total. The SMILES string of the molecule is CCCCCOc1ccc(CNC2CC2(C)C)cc1. The van der Waals surface area contributed by atoms with Crippen LogP contribution in [0.3, 0.4) is 0 Å². The molecule has 1 aliphatic carbocycles. The van der Waals surface area contributed by atoms with Crippen molar-refractivity contribution in [2.45, 2.75) is 59.0 Å². The first-order valence-corrected chi connectivity index (χ1v) is 7.57. The smallest absolute Gasteiger partial charge is 0.119 e. The molecule has 1 saturated carbocycles.